The molecule has 1 rings (SSSR count). The van der Waals surface area contributed by atoms with Crippen LogP contribution in [0.1, 0.15) is 32.4 Å². The summed E-state index contributed by atoms with van der Waals surface area (Å²) in [5.74, 6) is -0.282. The molecule has 1 aromatic carbocycles. The highest BCUT2D eigenvalue weighted by molar-refractivity contribution is 7.89. The Labute approximate surface area is 113 Å². The Morgan fingerprint density at radius 2 is 1.74 bits per heavy atom. The van der Waals surface area contributed by atoms with Crippen LogP contribution in [0, 0.1) is 0 Å². The lowest BCUT2D eigenvalue weighted by Gasteiger charge is -2.22. The van der Waals surface area contributed by atoms with Gasteiger partial charge in [-0.2, -0.15) is 0 Å². The van der Waals surface area contributed by atoms with Gasteiger partial charge < -0.3 is 11.1 Å². The van der Waals surface area contributed by atoms with Crippen LogP contribution in [0.2, 0.25) is 0 Å². The number of hydrogen-bond donors (Lipinski definition) is 3. The van der Waals surface area contributed by atoms with Crippen molar-refractivity contribution in [1.82, 2.24) is 5.32 Å². The highest BCUT2D eigenvalue weighted by Crippen LogP contribution is 2.16. The summed E-state index contributed by atoms with van der Waals surface area (Å²) in [7, 11) is -3.70. The van der Waals surface area contributed by atoms with Crippen molar-refractivity contribution in [2.75, 3.05) is 0 Å². The Hall–Kier alpha value is -1.44. The van der Waals surface area contributed by atoms with Gasteiger partial charge in [-0.1, -0.05) is 12.1 Å². The summed E-state index contributed by atoms with van der Waals surface area (Å²) in [4.78, 5) is 11.8. The van der Waals surface area contributed by atoms with Crippen LogP contribution in [0.3, 0.4) is 0 Å². The summed E-state index contributed by atoms with van der Waals surface area (Å²) in [6.07, 6.45) is 0. The zero-order valence-electron chi connectivity index (χ0n) is 11.2. The molecule has 19 heavy (non-hydrogen) atoms. The molecule has 1 aromatic rings. The number of carbonyl (C=O) groups excluding carboxylic acids is 1. The summed E-state index contributed by atoms with van der Waals surface area (Å²) < 4.78 is 22.2. The quantitative estimate of drug-likeness (QED) is 0.735. The van der Waals surface area contributed by atoms with Gasteiger partial charge in [-0.3, -0.25) is 4.79 Å². The van der Waals surface area contributed by atoms with Gasteiger partial charge in [0.1, 0.15) is 0 Å². The molecular formula is C12H19N3O3S. The lowest BCUT2D eigenvalue weighted by molar-refractivity contribution is -0.125. The Morgan fingerprint density at radius 3 is 2.11 bits per heavy atom. The van der Waals surface area contributed by atoms with Crippen molar-refractivity contribution in [2.45, 2.75) is 37.2 Å². The Morgan fingerprint density at radius 1 is 1.26 bits per heavy atom. The third-order valence-electron chi connectivity index (χ3n) is 2.64. The molecular weight excluding hydrogens is 266 g/mol. The van der Waals surface area contributed by atoms with Crippen molar-refractivity contribution in [3.8, 4) is 0 Å². The molecule has 1 unspecified atom stereocenters. The number of carbonyl (C=O) groups is 1. The van der Waals surface area contributed by atoms with E-state index < -0.39 is 15.6 Å². The van der Waals surface area contributed by atoms with Gasteiger partial charge in [0.15, 0.2) is 0 Å². The van der Waals surface area contributed by atoms with Gasteiger partial charge in [0, 0.05) is 0 Å². The number of benzene rings is 1. The van der Waals surface area contributed by atoms with Crippen molar-refractivity contribution in [1.29, 1.82) is 0 Å². The molecule has 0 aliphatic carbocycles. The van der Waals surface area contributed by atoms with Crippen LogP contribution in [0.5, 0.6) is 0 Å². The predicted molar refractivity (Wildman–Crippen MR) is 72.6 cm³/mol. The van der Waals surface area contributed by atoms with E-state index >= 15 is 0 Å². The summed E-state index contributed by atoms with van der Waals surface area (Å²) in [5.41, 5.74) is 5.48. The zero-order chi connectivity index (χ0) is 14.8. The Balaban J connectivity index is 2.85. The average Bonchev–Trinajstić information content (AvgIpc) is 2.26. The normalized spacial score (nSPS) is 13.9. The molecule has 5 N–H and O–H groups in total. The van der Waals surface area contributed by atoms with Gasteiger partial charge in [0.2, 0.25) is 15.9 Å². The molecule has 0 aliphatic heterocycles. The maximum atomic E-state index is 11.7. The van der Waals surface area contributed by atoms with E-state index in [1.54, 1.807) is 32.9 Å². The monoisotopic (exact) mass is 285 g/mol. The number of amides is 1. The van der Waals surface area contributed by atoms with E-state index in [1.807, 2.05) is 0 Å². The average molecular weight is 285 g/mol. The number of nitrogens with two attached hydrogens (primary N) is 2. The smallest absolute Gasteiger partial charge is 0.239 e. The fraction of sp³-hybridized carbons (Fsp3) is 0.417. The van der Waals surface area contributed by atoms with Crippen LogP contribution >= 0.6 is 0 Å². The van der Waals surface area contributed by atoms with Gasteiger partial charge in [-0.05, 0) is 38.5 Å². The molecule has 7 heteroatoms. The van der Waals surface area contributed by atoms with Gasteiger partial charge in [-0.15, -0.1) is 0 Å². The second kappa shape index (κ2) is 5.28. The van der Waals surface area contributed by atoms with Crippen LogP contribution in [0.25, 0.3) is 0 Å². The molecule has 0 radical (unpaired) electrons. The molecule has 106 valence electrons. The highest BCUT2D eigenvalue weighted by atomic mass is 32.2. The van der Waals surface area contributed by atoms with Crippen LogP contribution in [0.4, 0.5) is 0 Å². The van der Waals surface area contributed by atoms with Crippen molar-refractivity contribution in [3.05, 3.63) is 29.8 Å². The molecule has 0 fully saturated rings. The lowest BCUT2D eigenvalue weighted by Crippen LogP contribution is -2.49. The SMILES string of the molecule is CC(NC(=O)C(C)(C)N)c1ccc(S(N)(=O)=O)cc1. The summed E-state index contributed by atoms with van der Waals surface area (Å²) in [6, 6.07) is 5.74. The lowest BCUT2D eigenvalue weighted by atomic mass is 10.0. The van der Waals surface area contributed by atoms with E-state index in [4.69, 9.17) is 10.9 Å². The van der Waals surface area contributed by atoms with Crippen molar-refractivity contribution in [3.63, 3.8) is 0 Å². The third kappa shape index (κ3) is 4.30. The first-order valence-corrected chi connectivity index (χ1v) is 7.29. The van der Waals surface area contributed by atoms with E-state index in [2.05, 4.69) is 5.32 Å². The first-order chi connectivity index (χ1) is 8.51. The fourth-order valence-corrected chi connectivity index (χ4v) is 1.93. The Kier molecular flexibility index (Phi) is 4.34. The minimum atomic E-state index is -3.70. The summed E-state index contributed by atoms with van der Waals surface area (Å²) in [5, 5.41) is 7.76. The van der Waals surface area contributed by atoms with Crippen molar-refractivity contribution >= 4 is 15.9 Å². The number of primary sulfonamides is 1. The molecule has 0 spiro atoms. The number of nitrogens with one attached hydrogen (secondary N) is 1. The van der Waals surface area contributed by atoms with Gasteiger partial charge in [0.25, 0.3) is 0 Å². The van der Waals surface area contributed by atoms with E-state index in [-0.39, 0.29) is 16.8 Å². The van der Waals surface area contributed by atoms with Gasteiger partial charge in [0.05, 0.1) is 16.5 Å². The molecule has 0 aromatic heterocycles. The second-order valence-corrected chi connectivity index (χ2v) is 6.59. The number of rotatable bonds is 4. The van der Waals surface area contributed by atoms with Crippen LogP contribution in [-0.4, -0.2) is 19.9 Å². The minimum absolute atomic E-state index is 0.0360. The number of hydrogen-bond acceptors (Lipinski definition) is 4. The van der Waals surface area contributed by atoms with Crippen molar-refractivity contribution in [2.24, 2.45) is 10.9 Å². The van der Waals surface area contributed by atoms with Gasteiger partial charge >= 0.3 is 0 Å². The second-order valence-electron chi connectivity index (χ2n) is 5.03. The van der Waals surface area contributed by atoms with Crippen LogP contribution < -0.4 is 16.2 Å². The van der Waals surface area contributed by atoms with E-state index in [0.717, 1.165) is 5.56 Å². The zero-order valence-corrected chi connectivity index (χ0v) is 12.0. The van der Waals surface area contributed by atoms with E-state index in [1.165, 1.54) is 12.1 Å². The minimum Gasteiger partial charge on any atom is -0.348 e. The fourth-order valence-electron chi connectivity index (χ4n) is 1.41. The topological polar surface area (TPSA) is 115 Å². The molecule has 0 heterocycles. The highest BCUT2D eigenvalue weighted by Gasteiger charge is 2.23. The largest absolute Gasteiger partial charge is 0.348 e. The molecule has 0 bridgehead atoms. The summed E-state index contributed by atoms with van der Waals surface area (Å²) >= 11 is 0. The maximum Gasteiger partial charge on any atom is 0.239 e. The molecule has 1 atom stereocenters. The Bertz CT molecular complexity index is 559. The standard InChI is InChI=1S/C12H19N3O3S/c1-8(15-11(16)12(2,3)13)9-4-6-10(7-5-9)19(14,17)18/h4-8H,13H2,1-3H3,(H,15,16)(H2,14,17,18). The first kappa shape index (κ1) is 15.6. The maximum absolute atomic E-state index is 11.7. The van der Waals surface area contributed by atoms with Crippen molar-refractivity contribution < 1.29 is 13.2 Å². The molecule has 0 saturated carbocycles. The first-order valence-electron chi connectivity index (χ1n) is 5.74. The molecule has 6 nitrogen and oxygen atoms in total. The van der Waals surface area contributed by atoms with E-state index in [9.17, 15) is 13.2 Å². The third-order valence-corrected chi connectivity index (χ3v) is 3.57. The molecule has 0 aliphatic rings. The molecule has 1 amide bonds. The van der Waals surface area contributed by atoms with E-state index in [0.29, 0.717) is 0 Å². The van der Waals surface area contributed by atoms with Crippen LogP contribution in [0.15, 0.2) is 29.2 Å². The number of sulfonamides is 1. The van der Waals surface area contributed by atoms with Crippen LogP contribution in [-0.2, 0) is 14.8 Å². The predicted octanol–water partition coefficient (Wildman–Crippen LogP) is 0.249. The van der Waals surface area contributed by atoms with Gasteiger partial charge in [-0.25, -0.2) is 13.6 Å². The summed E-state index contributed by atoms with van der Waals surface area (Å²) in [6.45, 7) is 5.01. The molecule has 0 saturated heterocycles.